The standard InChI is InChI=1S/C29H32ClN3O.C25H23ClN2O.C24H15NO7.C23H18N2O.C21H12ClNO/c1-5-32(6-2)23-17-13-21(14-18-23)27-28(25-11-9-10-12-26(25)30)34-29(31-27)22-15-19-24(20-16-22)33(7-3)8-4;1-3-28(4-2)20-16-14-18(15-17-20)23-24(21-12-8-9-13-22(21)26)29-25(27-23)19-10-6-5-7-11-19;1-4-16-19(29-10-26-16)7-13(1)22-23(14-2-5-17-20(8-14)30-11-27-17)32-24(25-22)15-3-6-18-21(9-15)31-12-28-18;1-25(2)16-13-11-15(12-14-16)23-24-21-19-9-5-3-7-17(19)18-8-4-6-10-20(18)22(21)26-23;22-18-12-6-5-11-17(18)21-23-19-15-9-3-1-7-13(15)14-8-2-4-10-16(14)20(19)24-21/h9-20H,5-8H2,1-4H3;5-17H,3-4H2,1-2H3;1-9H,10-12H2;3-14H,1-2H3;1-12H. The lowest BCUT2D eigenvalue weighted by atomic mass is 10.0. The molecule has 25 rings (SSSR count). The molecule has 0 radical (unpaired) electrons. The van der Waals surface area contributed by atoms with Gasteiger partial charge in [0.25, 0.3) is 0 Å². The van der Waals surface area contributed by atoms with Crippen LogP contribution >= 0.6 is 34.8 Å². The summed E-state index contributed by atoms with van der Waals surface area (Å²) in [7, 11) is 4.07. The summed E-state index contributed by atoms with van der Waals surface area (Å²) < 4.78 is 64.3. The van der Waals surface area contributed by atoms with Crippen LogP contribution in [0.5, 0.6) is 34.5 Å². The average molecular weight is 1970 g/mol. The summed E-state index contributed by atoms with van der Waals surface area (Å²) in [6.07, 6.45) is 0. The minimum atomic E-state index is 0.201. The summed E-state index contributed by atoms with van der Waals surface area (Å²) in [6, 6.07) is 117. The fraction of sp³-hybridized carbons (Fsp3) is 0.139. The first kappa shape index (κ1) is 94.5. The number of hydrogen-bond acceptors (Lipinski definition) is 20. The zero-order valence-electron chi connectivity index (χ0n) is 81.0. The van der Waals surface area contributed by atoms with E-state index in [1.807, 2.05) is 196 Å². The van der Waals surface area contributed by atoms with Crippen LogP contribution in [0.4, 0.5) is 22.7 Å². The van der Waals surface area contributed by atoms with E-state index in [0.717, 1.165) is 161 Å². The molecule has 22 aromatic rings. The normalized spacial score (nSPS) is 12.0. The van der Waals surface area contributed by atoms with Crippen LogP contribution in [0.25, 0.3) is 190 Å². The number of rotatable bonds is 21. The molecule has 20 nitrogen and oxygen atoms in total. The van der Waals surface area contributed by atoms with Gasteiger partial charge in [-0.2, -0.15) is 0 Å². The summed E-state index contributed by atoms with van der Waals surface area (Å²) in [5, 5.41) is 11.1. The lowest BCUT2D eigenvalue weighted by molar-refractivity contribution is 0.173. The van der Waals surface area contributed by atoms with Crippen molar-refractivity contribution in [3.05, 3.63) is 367 Å². The zero-order valence-corrected chi connectivity index (χ0v) is 83.3. The summed E-state index contributed by atoms with van der Waals surface area (Å²) in [6.45, 7) is 19.4. The molecule has 0 saturated carbocycles. The molecule has 3 aliphatic heterocycles. The maximum Gasteiger partial charge on any atom is 0.231 e. The van der Waals surface area contributed by atoms with Crippen molar-refractivity contribution < 1.29 is 50.5 Å². The number of oxazole rings is 5. The Labute approximate surface area is 853 Å². The first-order chi connectivity index (χ1) is 71.2. The molecule has 0 aliphatic carbocycles. The lowest BCUT2D eigenvalue weighted by Crippen LogP contribution is -2.21. The molecule has 0 N–H and O–H groups in total. The van der Waals surface area contributed by atoms with Crippen LogP contribution in [-0.2, 0) is 0 Å². The Morgan fingerprint density at radius 1 is 0.228 bits per heavy atom. The van der Waals surface area contributed by atoms with Gasteiger partial charge in [0, 0.05) is 153 Å². The Bertz CT molecular complexity index is 8200. The molecule has 145 heavy (non-hydrogen) atoms. The maximum atomic E-state index is 6.57. The van der Waals surface area contributed by atoms with E-state index < -0.39 is 0 Å². The maximum absolute atomic E-state index is 6.57. The van der Waals surface area contributed by atoms with Crippen molar-refractivity contribution in [2.24, 2.45) is 0 Å². The van der Waals surface area contributed by atoms with Gasteiger partial charge in [-0.15, -0.1) is 0 Å². The van der Waals surface area contributed by atoms with Crippen LogP contribution < -0.4 is 48.0 Å². The number of hydrogen-bond donors (Lipinski definition) is 0. The van der Waals surface area contributed by atoms with Gasteiger partial charge in [-0.05, 0) is 239 Å². The SMILES string of the molecule is CCN(CC)c1ccc(-c2nc(-c3ccc(N(CC)CC)cc3)c(-c3ccccc3Cl)o2)cc1.CCN(CC)c1ccc(-c2nc(-c3ccccc3)oc2-c2ccccc2Cl)cc1.CN(C)c1ccc(-c2nc3c4ccccc4c4ccccc4c3o2)cc1.Clc1ccccc1-c1nc2c3ccccc3c3ccccc3c2o1.c1cc2c(cc1-c1nc(-c3ccc4c(c3)OCO4)c(-c3ccc4c(c3)OCO4)o1)OCO2. The average Bonchev–Trinajstić information content (AvgIpc) is 1.64. The lowest BCUT2D eigenvalue weighted by Gasteiger charge is -2.21. The molecule has 720 valence electrons. The van der Waals surface area contributed by atoms with E-state index in [1.165, 1.54) is 38.6 Å². The number of fused-ring (bicyclic) bond motifs is 15. The van der Waals surface area contributed by atoms with Crippen molar-refractivity contribution in [2.45, 2.75) is 41.5 Å². The summed E-state index contributed by atoms with van der Waals surface area (Å²) >= 11 is 19.4. The van der Waals surface area contributed by atoms with Gasteiger partial charge >= 0.3 is 0 Å². The largest absolute Gasteiger partial charge is 0.454 e. The Morgan fingerprint density at radius 2 is 0.510 bits per heavy atom. The van der Waals surface area contributed by atoms with E-state index in [2.05, 4.69) is 231 Å². The molecule has 0 bridgehead atoms. The number of aromatic nitrogens is 5. The van der Waals surface area contributed by atoms with Crippen LogP contribution in [0.15, 0.2) is 374 Å². The van der Waals surface area contributed by atoms with E-state index in [0.29, 0.717) is 102 Å². The van der Waals surface area contributed by atoms with Crippen molar-refractivity contribution in [1.29, 1.82) is 0 Å². The number of nitrogens with zero attached hydrogens (tertiary/aromatic N) is 9. The topological polar surface area (TPSA) is 198 Å². The van der Waals surface area contributed by atoms with Crippen molar-refractivity contribution in [2.75, 3.05) is 93.3 Å². The number of benzene rings is 17. The first-order valence-electron chi connectivity index (χ1n) is 48.4. The van der Waals surface area contributed by atoms with Crippen LogP contribution in [0.2, 0.25) is 15.1 Å². The van der Waals surface area contributed by atoms with Gasteiger partial charge in [0.15, 0.2) is 62.9 Å². The molecular weight excluding hydrogens is 1870 g/mol. The van der Waals surface area contributed by atoms with Gasteiger partial charge in [-0.3, -0.25) is 0 Å². The zero-order chi connectivity index (χ0) is 99.1. The van der Waals surface area contributed by atoms with Crippen molar-refractivity contribution in [3.63, 3.8) is 0 Å². The Kier molecular flexibility index (Phi) is 27.5. The van der Waals surface area contributed by atoms with Crippen molar-refractivity contribution in [3.8, 4) is 160 Å². The molecule has 8 heterocycles. The third kappa shape index (κ3) is 19.3. The fourth-order valence-electron chi connectivity index (χ4n) is 18.5. The van der Waals surface area contributed by atoms with E-state index in [1.54, 1.807) is 0 Å². The van der Waals surface area contributed by atoms with Crippen LogP contribution in [-0.4, -0.2) is 98.7 Å². The van der Waals surface area contributed by atoms with E-state index in [-0.39, 0.29) is 20.4 Å². The van der Waals surface area contributed by atoms with Gasteiger partial charge < -0.3 is 70.1 Å². The highest BCUT2D eigenvalue weighted by Gasteiger charge is 2.29. The molecule has 0 spiro atoms. The summed E-state index contributed by atoms with van der Waals surface area (Å²) in [4.78, 5) is 33.3. The smallest absolute Gasteiger partial charge is 0.231 e. The molecular formula is C122H100Cl3N9O11. The number of anilines is 4. The van der Waals surface area contributed by atoms with Crippen molar-refractivity contribution >= 4 is 123 Å². The molecule has 17 aromatic carbocycles. The fourth-order valence-corrected chi connectivity index (χ4v) is 19.2. The van der Waals surface area contributed by atoms with Crippen LogP contribution in [0, 0.1) is 0 Å². The molecule has 3 aliphatic rings. The van der Waals surface area contributed by atoms with E-state index >= 15 is 0 Å². The van der Waals surface area contributed by atoms with Gasteiger partial charge in [0.2, 0.25) is 49.8 Å². The van der Waals surface area contributed by atoms with Crippen LogP contribution in [0.1, 0.15) is 41.5 Å². The molecule has 23 heteroatoms. The highest BCUT2D eigenvalue weighted by molar-refractivity contribution is 6.34. The van der Waals surface area contributed by atoms with Gasteiger partial charge in [-0.1, -0.05) is 211 Å². The minimum absolute atomic E-state index is 0.201. The van der Waals surface area contributed by atoms with Gasteiger partial charge in [0.05, 0.1) is 20.6 Å². The Morgan fingerprint density at radius 3 is 0.924 bits per heavy atom. The predicted octanol–water partition coefficient (Wildman–Crippen LogP) is 32.4. The van der Waals surface area contributed by atoms with Crippen LogP contribution in [0.3, 0.4) is 0 Å². The summed E-state index contributed by atoms with van der Waals surface area (Å²) in [5.41, 5.74) is 20.3. The second-order valence-corrected chi connectivity index (χ2v) is 36.0. The number of halogens is 3. The van der Waals surface area contributed by atoms with E-state index in [9.17, 15) is 0 Å². The highest BCUT2D eigenvalue weighted by atomic mass is 35.5. The molecule has 0 atom stereocenters. The third-order valence-corrected chi connectivity index (χ3v) is 27.1. The quantitative estimate of drug-likeness (QED) is 0.0615. The molecule has 0 amide bonds. The Hall–Kier alpha value is -16.8. The monoisotopic (exact) mass is 1970 g/mol. The van der Waals surface area contributed by atoms with Crippen molar-refractivity contribution in [1.82, 2.24) is 24.9 Å². The highest BCUT2D eigenvalue weighted by Crippen LogP contribution is 2.49. The van der Waals surface area contributed by atoms with E-state index in [4.69, 9.17) is 110 Å². The number of ether oxygens (including phenoxy) is 6. The minimum Gasteiger partial charge on any atom is -0.454 e. The molecule has 0 unspecified atom stereocenters. The van der Waals surface area contributed by atoms with Gasteiger partial charge in [0.1, 0.15) is 28.1 Å². The first-order valence-corrected chi connectivity index (χ1v) is 49.6. The molecule has 0 fully saturated rings. The Balaban J connectivity index is 0.000000107. The summed E-state index contributed by atoms with van der Waals surface area (Å²) in [5.74, 6) is 8.93. The molecule has 5 aromatic heterocycles. The predicted molar refractivity (Wildman–Crippen MR) is 586 cm³/mol. The third-order valence-electron chi connectivity index (χ3n) is 26.1. The second-order valence-electron chi connectivity index (χ2n) is 34.8. The second kappa shape index (κ2) is 42.2. The molecule has 0 saturated heterocycles. The van der Waals surface area contributed by atoms with Gasteiger partial charge in [-0.25, -0.2) is 24.9 Å².